The van der Waals surface area contributed by atoms with Crippen molar-refractivity contribution in [3.8, 4) is 17.1 Å². The molecule has 0 saturated heterocycles. The summed E-state index contributed by atoms with van der Waals surface area (Å²) in [6.45, 7) is 0.446. The van der Waals surface area contributed by atoms with Crippen molar-refractivity contribution in [3.05, 3.63) is 72.2 Å². The van der Waals surface area contributed by atoms with Crippen LogP contribution in [0.15, 0.2) is 55.0 Å². The predicted octanol–water partition coefficient (Wildman–Crippen LogP) is 3.83. The second kappa shape index (κ2) is 6.51. The third kappa shape index (κ3) is 3.11. The molecule has 0 radical (unpaired) electrons. The lowest BCUT2D eigenvalue weighted by molar-refractivity contribution is 0.411. The molecule has 0 amide bonds. The topological polar surface area (TPSA) is 52.8 Å². The Kier molecular flexibility index (Phi) is 4.04. The van der Waals surface area contributed by atoms with Gasteiger partial charge in [-0.15, -0.1) is 0 Å². The Morgan fingerprint density at radius 3 is 2.54 bits per heavy atom. The molecule has 0 saturated carbocycles. The van der Waals surface area contributed by atoms with Crippen LogP contribution in [0.1, 0.15) is 5.56 Å². The Bertz CT molecular complexity index is 1080. The Morgan fingerprint density at radius 2 is 1.77 bits per heavy atom. The zero-order chi connectivity index (χ0) is 18.1. The molecule has 0 N–H and O–H groups in total. The van der Waals surface area contributed by atoms with Gasteiger partial charge in [0.2, 0.25) is 0 Å². The summed E-state index contributed by atoms with van der Waals surface area (Å²) in [5, 5.41) is 5.01. The van der Waals surface area contributed by atoms with Crippen LogP contribution in [-0.2, 0) is 6.54 Å². The maximum Gasteiger partial charge on any atom is 0.159 e. The number of halogens is 2. The first kappa shape index (κ1) is 16.1. The molecule has 26 heavy (non-hydrogen) atoms. The van der Waals surface area contributed by atoms with Crippen molar-refractivity contribution in [2.45, 2.75) is 6.54 Å². The van der Waals surface area contributed by atoms with Gasteiger partial charge in [0.15, 0.2) is 5.82 Å². The normalized spacial score (nSPS) is 11.0. The molecule has 2 aromatic carbocycles. The maximum atomic E-state index is 13.6. The number of hydrogen-bond acceptors (Lipinski definition) is 4. The van der Waals surface area contributed by atoms with Crippen LogP contribution >= 0.6 is 0 Å². The van der Waals surface area contributed by atoms with E-state index in [1.54, 1.807) is 35.4 Å². The zero-order valence-electron chi connectivity index (χ0n) is 13.9. The van der Waals surface area contributed by atoms with E-state index in [2.05, 4.69) is 15.1 Å². The SMILES string of the molecule is COc1cc(F)cc(-c2ncc(Cn3ncc4cc(F)ccc43)cn2)c1. The van der Waals surface area contributed by atoms with E-state index in [0.29, 0.717) is 23.7 Å². The lowest BCUT2D eigenvalue weighted by Crippen LogP contribution is -2.03. The van der Waals surface area contributed by atoms with E-state index in [4.69, 9.17) is 4.74 Å². The number of aromatic nitrogens is 4. The molecule has 0 aliphatic heterocycles. The molecule has 0 fully saturated rings. The minimum Gasteiger partial charge on any atom is -0.497 e. The van der Waals surface area contributed by atoms with Gasteiger partial charge in [-0.3, -0.25) is 4.68 Å². The summed E-state index contributed by atoms with van der Waals surface area (Å²) in [4.78, 5) is 8.61. The molecule has 0 bridgehead atoms. The van der Waals surface area contributed by atoms with Crippen molar-refractivity contribution in [2.24, 2.45) is 0 Å². The van der Waals surface area contributed by atoms with Gasteiger partial charge >= 0.3 is 0 Å². The molecular weight excluding hydrogens is 338 g/mol. The van der Waals surface area contributed by atoms with Gasteiger partial charge in [-0.1, -0.05) is 0 Å². The fourth-order valence-corrected chi connectivity index (χ4v) is 2.75. The Balaban J connectivity index is 1.60. The molecule has 0 unspecified atom stereocenters. The van der Waals surface area contributed by atoms with Gasteiger partial charge in [-0.05, 0) is 30.3 Å². The first-order chi connectivity index (χ1) is 12.6. The zero-order valence-corrected chi connectivity index (χ0v) is 13.9. The summed E-state index contributed by atoms with van der Waals surface area (Å²) in [7, 11) is 1.47. The largest absolute Gasteiger partial charge is 0.497 e. The maximum absolute atomic E-state index is 13.6. The van der Waals surface area contributed by atoms with Crippen molar-refractivity contribution in [3.63, 3.8) is 0 Å². The fraction of sp³-hybridized carbons (Fsp3) is 0.105. The second-order valence-corrected chi connectivity index (χ2v) is 5.80. The average molecular weight is 352 g/mol. The van der Waals surface area contributed by atoms with Crippen LogP contribution < -0.4 is 4.74 Å². The van der Waals surface area contributed by atoms with Gasteiger partial charge in [-0.25, -0.2) is 18.7 Å². The highest BCUT2D eigenvalue weighted by molar-refractivity contribution is 5.78. The van der Waals surface area contributed by atoms with E-state index in [0.717, 1.165) is 16.5 Å². The molecule has 4 rings (SSSR count). The number of benzene rings is 2. The van der Waals surface area contributed by atoms with Crippen LogP contribution in [0.3, 0.4) is 0 Å². The number of rotatable bonds is 4. The highest BCUT2D eigenvalue weighted by Crippen LogP contribution is 2.23. The third-order valence-electron chi connectivity index (χ3n) is 4.01. The van der Waals surface area contributed by atoms with Gasteiger partial charge in [0.1, 0.15) is 17.4 Å². The third-order valence-corrected chi connectivity index (χ3v) is 4.01. The number of hydrogen-bond donors (Lipinski definition) is 0. The first-order valence-electron chi connectivity index (χ1n) is 7.89. The quantitative estimate of drug-likeness (QED) is 0.560. The standard InChI is InChI=1S/C19H14F2N4O/c1-26-17-6-13(4-16(21)7-17)19-22-8-12(9-23-19)11-25-18-3-2-15(20)5-14(18)10-24-25/h2-10H,11H2,1H3. The molecule has 7 heteroatoms. The Hall–Kier alpha value is -3.35. The monoisotopic (exact) mass is 352 g/mol. The smallest absolute Gasteiger partial charge is 0.159 e. The van der Waals surface area contributed by atoms with Crippen molar-refractivity contribution < 1.29 is 13.5 Å². The summed E-state index contributed by atoms with van der Waals surface area (Å²) in [5.74, 6) is 0.0967. The Labute approximate surface area is 147 Å². The molecule has 5 nitrogen and oxygen atoms in total. The van der Waals surface area contributed by atoms with Gasteiger partial charge in [0, 0.05) is 35.0 Å². The molecule has 130 valence electrons. The minimum absolute atomic E-state index is 0.296. The van der Waals surface area contributed by atoms with Gasteiger partial charge in [0.05, 0.1) is 25.4 Å². The Morgan fingerprint density at radius 1 is 0.962 bits per heavy atom. The van der Waals surface area contributed by atoms with E-state index < -0.39 is 5.82 Å². The summed E-state index contributed by atoms with van der Waals surface area (Å²) in [5.41, 5.74) is 2.19. The van der Waals surface area contributed by atoms with Crippen LogP contribution in [0.4, 0.5) is 8.78 Å². The number of nitrogens with zero attached hydrogens (tertiary/aromatic N) is 4. The van der Waals surface area contributed by atoms with E-state index in [1.165, 1.54) is 31.4 Å². The molecule has 0 spiro atoms. The van der Waals surface area contributed by atoms with Crippen LogP contribution in [-0.4, -0.2) is 26.9 Å². The lowest BCUT2D eigenvalue weighted by Gasteiger charge is -2.06. The molecule has 2 heterocycles. The molecule has 0 atom stereocenters. The lowest BCUT2D eigenvalue weighted by atomic mass is 10.2. The van der Waals surface area contributed by atoms with E-state index in [-0.39, 0.29) is 5.82 Å². The number of ether oxygens (including phenoxy) is 1. The minimum atomic E-state index is -0.415. The molecular formula is C19H14F2N4O. The highest BCUT2D eigenvalue weighted by atomic mass is 19.1. The van der Waals surface area contributed by atoms with Crippen LogP contribution in [0, 0.1) is 11.6 Å². The fourth-order valence-electron chi connectivity index (χ4n) is 2.75. The molecule has 4 aromatic rings. The average Bonchev–Trinajstić information content (AvgIpc) is 3.03. The highest BCUT2D eigenvalue weighted by Gasteiger charge is 2.08. The van der Waals surface area contributed by atoms with Gasteiger partial charge in [0.25, 0.3) is 0 Å². The summed E-state index contributed by atoms with van der Waals surface area (Å²) in [6, 6.07) is 8.85. The van der Waals surface area contributed by atoms with Crippen molar-refractivity contribution in [1.82, 2.24) is 19.7 Å². The van der Waals surface area contributed by atoms with Crippen LogP contribution in [0.5, 0.6) is 5.75 Å². The van der Waals surface area contributed by atoms with Crippen molar-refractivity contribution >= 4 is 10.9 Å². The molecule has 0 aliphatic rings. The summed E-state index contributed by atoms with van der Waals surface area (Å²) < 4.78 is 33.7. The summed E-state index contributed by atoms with van der Waals surface area (Å²) in [6.07, 6.45) is 4.94. The number of fused-ring (bicyclic) bond motifs is 1. The molecule has 0 aliphatic carbocycles. The van der Waals surface area contributed by atoms with Crippen molar-refractivity contribution in [1.29, 1.82) is 0 Å². The van der Waals surface area contributed by atoms with Crippen LogP contribution in [0.2, 0.25) is 0 Å². The molecule has 2 aromatic heterocycles. The van der Waals surface area contributed by atoms with Gasteiger partial charge in [-0.2, -0.15) is 5.10 Å². The van der Waals surface area contributed by atoms with E-state index in [1.807, 2.05) is 0 Å². The second-order valence-electron chi connectivity index (χ2n) is 5.80. The number of methoxy groups -OCH3 is 1. The van der Waals surface area contributed by atoms with E-state index >= 15 is 0 Å². The first-order valence-corrected chi connectivity index (χ1v) is 7.89. The summed E-state index contributed by atoms with van der Waals surface area (Å²) >= 11 is 0. The van der Waals surface area contributed by atoms with E-state index in [9.17, 15) is 8.78 Å². The predicted molar refractivity (Wildman–Crippen MR) is 92.8 cm³/mol. The van der Waals surface area contributed by atoms with Gasteiger partial charge < -0.3 is 4.74 Å². The van der Waals surface area contributed by atoms with Crippen molar-refractivity contribution in [2.75, 3.05) is 7.11 Å². The van der Waals surface area contributed by atoms with Crippen LogP contribution in [0.25, 0.3) is 22.3 Å².